The van der Waals surface area contributed by atoms with E-state index in [1.165, 1.54) is 4.63 Å². The largest absolute Gasteiger partial charge is 0.285 e. The first-order valence-electron chi connectivity index (χ1n) is 2.84. The van der Waals surface area contributed by atoms with Crippen molar-refractivity contribution in [1.82, 2.24) is 14.8 Å². The SMILES string of the molecule is C=c1[nH]n2nccc2c1=O. The van der Waals surface area contributed by atoms with Gasteiger partial charge in [0.25, 0.3) is 0 Å². The number of rotatable bonds is 0. The highest BCUT2D eigenvalue weighted by molar-refractivity contribution is 5.43. The molecule has 0 atom stereocenters. The number of nitrogens with zero attached hydrogens (tertiary/aromatic N) is 2. The first kappa shape index (κ1) is 5.22. The van der Waals surface area contributed by atoms with Crippen LogP contribution in [0.5, 0.6) is 0 Å². The van der Waals surface area contributed by atoms with Crippen molar-refractivity contribution in [2.75, 3.05) is 0 Å². The van der Waals surface area contributed by atoms with E-state index in [1.807, 2.05) is 0 Å². The summed E-state index contributed by atoms with van der Waals surface area (Å²) in [6.45, 7) is 3.50. The summed E-state index contributed by atoms with van der Waals surface area (Å²) in [6.07, 6.45) is 1.56. The second-order valence-electron chi connectivity index (χ2n) is 2.05. The second-order valence-corrected chi connectivity index (χ2v) is 2.05. The Bertz CT molecular complexity index is 453. The molecular weight excluding hydrogens is 130 g/mol. The summed E-state index contributed by atoms with van der Waals surface area (Å²) >= 11 is 0. The summed E-state index contributed by atoms with van der Waals surface area (Å²) in [6, 6.07) is 1.65. The number of hydrogen-bond donors (Lipinski definition) is 1. The van der Waals surface area contributed by atoms with Gasteiger partial charge in [-0.3, -0.25) is 9.89 Å². The number of nitrogens with one attached hydrogen (secondary N) is 1. The Labute approximate surface area is 55.8 Å². The topological polar surface area (TPSA) is 50.2 Å². The van der Waals surface area contributed by atoms with Gasteiger partial charge in [-0.25, -0.2) is 0 Å². The molecule has 2 aromatic rings. The molecule has 4 nitrogen and oxygen atoms in total. The van der Waals surface area contributed by atoms with Crippen molar-refractivity contribution < 1.29 is 0 Å². The van der Waals surface area contributed by atoms with Gasteiger partial charge in [-0.2, -0.15) is 9.73 Å². The summed E-state index contributed by atoms with van der Waals surface area (Å²) in [5, 5.41) is 6.89. The number of aromatic nitrogens is 3. The van der Waals surface area contributed by atoms with E-state index in [0.717, 1.165) is 0 Å². The normalized spacial score (nSPS) is 10.8. The van der Waals surface area contributed by atoms with E-state index in [4.69, 9.17) is 0 Å². The van der Waals surface area contributed by atoms with Crippen LogP contribution in [0.2, 0.25) is 0 Å². The molecule has 0 fully saturated rings. The van der Waals surface area contributed by atoms with E-state index in [9.17, 15) is 4.79 Å². The molecule has 2 rings (SSSR count). The van der Waals surface area contributed by atoms with Crippen LogP contribution in [0.1, 0.15) is 0 Å². The molecule has 2 heterocycles. The van der Waals surface area contributed by atoms with Crippen LogP contribution in [0.4, 0.5) is 0 Å². The lowest BCUT2D eigenvalue weighted by Gasteiger charge is -1.74. The lowest BCUT2D eigenvalue weighted by molar-refractivity contribution is 0.810. The third-order valence-electron chi connectivity index (χ3n) is 1.39. The van der Waals surface area contributed by atoms with E-state index in [1.54, 1.807) is 12.3 Å². The first-order valence-corrected chi connectivity index (χ1v) is 2.84. The maximum absolute atomic E-state index is 11.0. The van der Waals surface area contributed by atoms with E-state index in [-0.39, 0.29) is 5.43 Å². The summed E-state index contributed by atoms with van der Waals surface area (Å²) in [5.41, 5.74) is 0.461. The van der Waals surface area contributed by atoms with Gasteiger partial charge in [-0.1, -0.05) is 6.58 Å². The molecule has 0 aliphatic rings. The van der Waals surface area contributed by atoms with Crippen LogP contribution in [-0.2, 0) is 0 Å². The van der Waals surface area contributed by atoms with Crippen molar-refractivity contribution in [2.45, 2.75) is 0 Å². The van der Waals surface area contributed by atoms with Crippen LogP contribution in [0.25, 0.3) is 12.1 Å². The molecule has 4 heteroatoms. The van der Waals surface area contributed by atoms with Crippen LogP contribution in [0.15, 0.2) is 17.1 Å². The van der Waals surface area contributed by atoms with Crippen molar-refractivity contribution in [3.63, 3.8) is 0 Å². The third-order valence-corrected chi connectivity index (χ3v) is 1.39. The zero-order chi connectivity index (χ0) is 7.14. The standard InChI is InChI=1S/C6H5N3O/c1-4-6(10)5-2-3-7-9(5)8-4/h2-3,8H,1H2. The molecule has 0 bridgehead atoms. The summed E-state index contributed by atoms with van der Waals surface area (Å²) in [5.74, 6) is 0. The number of fused-ring (bicyclic) bond motifs is 1. The van der Waals surface area contributed by atoms with E-state index >= 15 is 0 Å². The number of H-pyrrole nitrogens is 1. The zero-order valence-corrected chi connectivity index (χ0v) is 5.16. The van der Waals surface area contributed by atoms with Crippen LogP contribution in [0, 0.1) is 0 Å². The van der Waals surface area contributed by atoms with Gasteiger partial charge in [0.15, 0.2) is 0 Å². The Morgan fingerprint density at radius 2 is 2.50 bits per heavy atom. The molecule has 50 valence electrons. The van der Waals surface area contributed by atoms with Crippen LogP contribution in [-0.4, -0.2) is 14.8 Å². The first-order chi connectivity index (χ1) is 4.79. The fourth-order valence-corrected chi connectivity index (χ4v) is 0.898. The zero-order valence-electron chi connectivity index (χ0n) is 5.16. The van der Waals surface area contributed by atoms with Gasteiger partial charge >= 0.3 is 0 Å². The Hall–Kier alpha value is -1.58. The molecule has 0 amide bonds. The lowest BCUT2D eigenvalue weighted by atomic mass is 10.5. The maximum Gasteiger partial charge on any atom is 0.230 e. The summed E-state index contributed by atoms with van der Waals surface area (Å²) in [4.78, 5) is 11.0. The maximum atomic E-state index is 11.0. The average molecular weight is 135 g/mol. The summed E-state index contributed by atoms with van der Waals surface area (Å²) in [7, 11) is 0. The molecule has 10 heavy (non-hydrogen) atoms. The Morgan fingerprint density at radius 1 is 1.70 bits per heavy atom. The Balaban J connectivity index is 3.24. The minimum Gasteiger partial charge on any atom is -0.285 e. The Kier molecular flexibility index (Phi) is 0.768. The van der Waals surface area contributed by atoms with Gasteiger partial charge < -0.3 is 0 Å². The molecule has 0 saturated heterocycles. The molecular formula is C6H5N3O. The van der Waals surface area contributed by atoms with Gasteiger partial charge in [-0.05, 0) is 6.07 Å². The summed E-state index contributed by atoms with van der Waals surface area (Å²) < 4.78 is 1.41. The van der Waals surface area contributed by atoms with E-state index < -0.39 is 0 Å². The van der Waals surface area contributed by atoms with E-state index in [2.05, 4.69) is 16.8 Å². The van der Waals surface area contributed by atoms with Gasteiger partial charge in [0.05, 0.1) is 11.5 Å². The van der Waals surface area contributed by atoms with Crippen molar-refractivity contribution in [2.24, 2.45) is 0 Å². The average Bonchev–Trinajstić information content (AvgIpc) is 2.41. The molecule has 2 aromatic heterocycles. The molecule has 0 aliphatic heterocycles. The molecule has 0 radical (unpaired) electrons. The van der Waals surface area contributed by atoms with Crippen molar-refractivity contribution in [3.05, 3.63) is 27.8 Å². The highest BCUT2D eigenvalue weighted by Crippen LogP contribution is 1.86. The van der Waals surface area contributed by atoms with Gasteiger partial charge in [-0.15, -0.1) is 0 Å². The lowest BCUT2D eigenvalue weighted by Crippen LogP contribution is -2.18. The molecule has 0 aromatic carbocycles. The monoisotopic (exact) mass is 135 g/mol. The molecule has 0 aliphatic carbocycles. The van der Waals surface area contributed by atoms with Crippen molar-refractivity contribution in [3.8, 4) is 0 Å². The molecule has 0 saturated carbocycles. The van der Waals surface area contributed by atoms with Crippen molar-refractivity contribution in [1.29, 1.82) is 0 Å². The minimum atomic E-state index is -0.0856. The number of hydrogen-bond acceptors (Lipinski definition) is 2. The van der Waals surface area contributed by atoms with Crippen LogP contribution >= 0.6 is 0 Å². The predicted molar refractivity (Wildman–Crippen MR) is 36.6 cm³/mol. The van der Waals surface area contributed by atoms with E-state index in [0.29, 0.717) is 10.9 Å². The third kappa shape index (κ3) is 0.452. The highest BCUT2D eigenvalue weighted by atomic mass is 16.1. The second kappa shape index (κ2) is 1.47. The molecule has 1 N–H and O–H groups in total. The van der Waals surface area contributed by atoms with Crippen LogP contribution in [0.3, 0.4) is 0 Å². The van der Waals surface area contributed by atoms with Gasteiger partial charge in [0, 0.05) is 0 Å². The molecule has 0 unspecified atom stereocenters. The number of aromatic amines is 1. The van der Waals surface area contributed by atoms with Crippen LogP contribution < -0.4 is 10.8 Å². The Morgan fingerprint density at radius 3 is 3.20 bits per heavy atom. The molecule has 0 spiro atoms. The fourth-order valence-electron chi connectivity index (χ4n) is 0.898. The fraction of sp³-hybridized carbons (Fsp3) is 0. The van der Waals surface area contributed by atoms with Gasteiger partial charge in [0.2, 0.25) is 5.43 Å². The van der Waals surface area contributed by atoms with Crippen molar-refractivity contribution >= 4 is 12.1 Å². The van der Waals surface area contributed by atoms with Gasteiger partial charge in [0.1, 0.15) is 5.52 Å². The quantitative estimate of drug-likeness (QED) is 0.511. The highest BCUT2D eigenvalue weighted by Gasteiger charge is 1.99. The smallest absolute Gasteiger partial charge is 0.230 e. The minimum absolute atomic E-state index is 0.0856. The predicted octanol–water partition coefficient (Wildman–Crippen LogP) is -0.848.